The van der Waals surface area contributed by atoms with E-state index in [0.717, 1.165) is 12.8 Å². The molecule has 0 heterocycles. The molecule has 8 heteroatoms. The zero-order valence-electron chi connectivity index (χ0n) is 14.1. The second-order valence-corrected chi connectivity index (χ2v) is 6.36. The van der Waals surface area contributed by atoms with Crippen molar-refractivity contribution in [3.05, 3.63) is 0 Å². The van der Waals surface area contributed by atoms with Crippen molar-refractivity contribution in [2.24, 2.45) is 0 Å². The maximum absolute atomic E-state index is 10.1. The Hall–Kier alpha value is 1.18. The molecule has 0 atom stereocenters. The summed E-state index contributed by atoms with van der Waals surface area (Å²) in [6.07, 6.45) is 11.7. The standard InChI is InChI=1S/C12H26O4S.C2H6OS.Na/c1-2-3-4-5-6-7-8-9-10-11-12-16-17(13,14)15;3-1-2-4;/h2-12H2,1H3,(H,13,14,15);3-4H,1-2H2;/q;;+1/p-1. The van der Waals surface area contributed by atoms with E-state index in [0.29, 0.717) is 12.2 Å². The van der Waals surface area contributed by atoms with Gasteiger partial charge in [-0.1, -0.05) is 64.7 Å². The molecule has 0 aliphatic carbocycles. The van der Waals surface area contributed by atoms with Gasteiger partial charge in [-0.15, -0.1) is 0 Å². The van der Waals surface area contributed by atoms with Gasteiger partial charge in [0.1, 0.15) is 0 Å². The summed E-state index contributed by atoms with van der Waals surface area (Å²) in [5.74, 6) is 0.569. The minimum Gasteiger partial charge on any atom is -0.726 e. The quantitative estimate of drug-likeness (QED) is 0.161. The molecule has 0 fully saturated rings. The van der Waals surface area contributed by atoms with Crippen molar-refractivity contribution in [1.29, 1.82) is 0 Å². The zero-order valence-corrected chi connectivity index (χ0v) is 17.8. The van der Waals surface area contributed by atoms with E-state index in [2.05, 4.69) is 23.7 Å². The summed E-state index contributed by atoms with van der Waals surface area (Å²) in [5.41, 5.74) is 0. The fraction of sp³-hybridized carbons (Fsp3) is 1.00. The summed E-state index contributed by atoms with van der Waals surface area (Å²) in [5, 5.41) is 7.80. The summed E-state index contributed by atoms with van der Waals surface area (Å²) in [7, 11) is -4.48. The minimum atomic E-state index is -4.48. The third-order valence-electron chi connectivity index (χ3n) is 2.83. The first-order valence-electron chi connectivity index (χ1n) is 7.79. The van der Waals surface area contributed by atoms with Gasteiger partial charge in [0.2, 0.25) is 10.4 Å². The Labute approximate surface area is 164 Å². The van der Waals surface area contributed by atoms with Crippen LogP contribution in [0.4, 0.5) is 0 Å². The van der Waals surface area contributed by atoms with E-state index in [9.17, 15) is 13.0 Å². The van der Waals surface area contributed by atoms with Crippen molar-refractivity contribution in [3.63, 3.8) is 0 Å². The maximum Gasteiger partial charge on any atom is 1.00 e. The van der Waals surface area contributed by atoms with Gasteiger partial charge in [0, 0.05) is 5.75 Å². The third-order valence-corrected chi connectivity index (χ3v) is 3.48. The van der Waals surface area contributed by atoms with Crippen molar-refractivity contribution in [3.8, 4) is 0 Å². The number of aliphatic hydroxyl groups is 1. The molecule has 22 heavy (non-hydrogen) atoms. The van der Waals surface area contributed by atoms with E-state index in [1.165, 1.54) is 44.9 Å². The Morgan fingerprint density at radius 3 is 1.64 bits per heavy atom. The molecular weight excluding hydrogens is 335 g/mol. The van der Waals surface area contributed by atoms with Crippen LogP contribution in [0.2, 0.25) is 0 Å². The Morgan fingerprint density at radius 1 is 0.955 bits per heavy atom. The molecule has 0 aliphatic rings. The monoisotopic (exact) mass is 366 g/mol. The van der Waals surface area contributed by atoms with Crippen LogP contribution in [0.15, 0.2) is 0 Å². The van der Waals surface area contributed by atoms with Crippen LogP contribution in [0.5, 0.6) is 0 Å². The number of hydrogen-bond donors (Lipinski definition) is 2. The zero-order chi connectivity index (χ0) is 16.4. The molecule has 0 aromatic heterocycles. The topological polar surface area (TPSA) is 86.7 Å². The predicted octanol–water partition coefficient (Wildman–Crippen LogP) is 0.297. The molecule has 0 rings (SSSR count). The van der Waals surface area contributed by atoms with Gasteiger partial charge in [-0.25, -0.2) is 8.42 Å². The molecule has 0 aliphatic heterocycles. The van der Waals surface area contributed by atoms with E-state index in [1.807, 2.05) is 0 Å². The largest absolute Gasteiger partial charge is 1.00 e. The Balaban J connectivity index is -0.000000640. The molecule has 1 N–H and O–H groups in total. The number of unbranched alkanes of at least 4 members (excludes halogenated alkanes) is 9. The Morgan fingerprint density at radius 2 is 1.32 bits per heavy atom. The van der Waals surface area contributed by atoms with Gasteiger partial charge < -0.3 is 9.66 Å². The molecule has 0 saturated carbocycles. The van der Waals surface area contributed by atoms with Gasteiger partial charge in [0.25, 0.3) is 0 Å². The number of thiol groups is 1. The second kappa shape index (κ2) is 22.2. The summed E-state index contributed by atoms with van der Waals surface area (Å²) in [6.45, 7) is 2.43. The first-order chi connectivity index (χ1) is 9.97. The summed E-state index contributed by atoms with van der Waals surface area (Å²) in [4.78, 5) is 0. The molecule has 0 aromatic rings. The van der Waals surface area contributed by atoms with Crippen LogP contribution in [0, 0.1) is 0 Å². The van der Waals surface area contributed by atoms with Crippen molar-refractivity contribution in [2.75, 3.05) is 19.0 Å². The molecule has 0 bridgehead atoms. The fourth-order valence-electron chi connectivity index (χ4n) is 1.75. The van der Waals surface area contributed by atoms with Crippen LogP contribution >= 0.6 is 12.6 Å². The van der Waals surface area contributed by atoms with Crippen molar-refractivity contribution < 1.29 is 51.8 Å². The molecule has 0 unspecified atom stereocenters. The van der Waals surface area contributed by atoms with Gasteiger partial charge in [-0.3, -0.25) is 4.18 Å². The number of hydrogen-bond acceptors (Lipinski definition) is 6. The van der Waals surface area contributed by atoms with E-state index >= 15 is 0 Å². The molecule has 0 amide bonds. The number of rotatable bonds is 13. The molecular formula is C14H31NaO5S2. The average molecular weight is 367 g/mol. The van der Waals surface area contributed by atoms with E-state index < -0.39 is 10.4 Å². The molecule has 5 nitrogen and oxygen atoms in total. The van der Waals surface area contributed by atoms with Gasteiger partial charge >= 0.3 is 29.6 Å². The first kappa shape index (κ1) is 28.0. The van der Waals surface area contributed by atoms with E-state index in [4.69, 9.17) is 5.11 Å². The molecule has 0 aromatic carbocycles. The van der Waals surface area contributed by atoms with Gasteiger partial charge in [0.05, 0.1) is 13.2 Å². The van der Waals surface area contributed by atoms with Crippen molar-refractivity contribution >= 4 is 23.0 Å². The number of aliphatic hydroxyl groups excluding tert-OH is 1. The van der Waals surface area contributed by atoms with Crippen LogP contribution in [-0.2, 0) is 14.6 Å². The van der Waals surface area contributed by atoms with Crippen LogP contribution in [-0.4, -0.2) is 37.0 Å². The second-order valence-electron chi connectivity index (χ2n) is 4.86. The van der Waals surface area contributed by atoms with Crippen LogP contribution in [0.3, 0.4) is 0 Å². The SMILES string of the molecule is CCCCCCCCCCCCOS(=O)(=O)[O-].OCCS.[Na+]. The van der Waals surface area contributed by atoms with Gasteiger partial charge in [-0.2, -0.15) is 12.6 Å². The van der Waals surface area contributed by atoms with Crippen molar-refractivity contribution in [2.45, 2.75) is 71.1 Å². The van der Waals surface area contributed by atoms with Crippen LogP contribution in [0.1, 0.15) is 71.1 Å². The summed E-state index contributed by atoms with van der Waals surface area (Å²) in [6, 6.07) is 0. The molecule has 0 spiro atoms. The van der Waals surface area contributed by atoms with Crippen molar-refractivity contribution in [1.82, 2.24) is 0 Å². The van der Waals surface area contributed by atoms with E-state index in [-0.39, 0.29) is 42.8 Å². The predicted molar refractivity (Wildman–Crippen MR) is 88.4 cm³/mol. The Bertz CT molecular complexity index is 285. The fourth-order valence-corrected chi connectivity index (χ4v) is 2.07. The van der Waals surface area contributed by atoms with E-state index in [1.54, 1.807) is 0 Å². The summed E-state index contributed by atoms with van der Waals surface area (Å²) >= 11 is 3.67. The third kappa shape index (κ3) is 32.9. The smallest absolute Gasteiger partial charge is 0.726 e. The normalized spacial score (nSPS) is 10.5. The molecule has 0 radical (unpaired) electrons. The average Bonchev–Trinajstić information content (AvgIpc) is 2.44. The van der Waals surface area contributed by atoms with Crippen LogP contribution in [0.25, 0.3) is 0 Å². The van der Waals surface area contributed by atoms with Crippen LogP contribution < -0.4 is 29.6 Å². The van der Waals surface area contributed by atoms with Gasteiger partial charge in [-0.05, 0) is 6.42 Å². The molecule has 130 valence electrons. The minimum absolute atomic E-state index is 0. The summed E-state index contributed by atoms with van der Waals surface area (Å²) < 4.78 is 34.5. The van der Waals surface area contributed by atoms with Gasteiger partial charge in [0.15, 0.2) is 0 Å². The molecule has 0 saturated heterocycles. The first-order valence-corrected chi connectivity index (χ1v) is 9.76. The Kier molecular flexibility index (Phi) is 28.2. The maximum atomic E-state index is 10.1.